The molecule has 1 aliphatic heterocycles. The summed E-state index contributed by atoms with van der Waals surface area (Å²) in [7, 11) is 1.61. The van der Waals surface area contributed by atoms with Gasteiger partial charge in [-0.25, -0.2) is 0 Å². The molecule has 0 bridgehead atoms. The molecule has 1 fully saturated rings. The van der Waals surface area contributed by atoms with Gasteiger partial charge in [-0.15, -0.1) is 0 Å². The lowest BCUT2D eigenvalue weighted by atomic mass is 10.0. The number of methoxy groups -OCH3 is 1. The number of ether oxygens (including phenoxy) is 1. The molecule has 2 amide bonds. The Hall–Kier alpha value is -3.09. The smallest absolute Gasteiger partial charge is 0.323 e. The number of amides is 2. The molecule has 7 nitrogen and oxygen atoms in total. The van der Waals surface area contributed by atoms with E-state index >= 15 is 0 Å². The first-order valence-corrected chi connectivity index (χ1v) is 9.76. The predicted molar refractivity (Wildman–Crippen MR) is 109 cm³/mol. The number of carbonyl (C=O) groups is 3. The fourth-order valence-corrected chi connectivity index (χ4v) is 4.04. The summed E-state index contributed by atoms with van der Waals surface area (Å²) >= 11 is 0. The summed E-state index contributed by atoms with van der Waals surface area (Å²) < 4.78 is 5.41. The molecule has 1 unspecified atom stereocenters. The zero-order chi connectivity index (χ0) is 21.0. The molecule has 1 saturated heterocycles. The lowest BCUT2D eigenvalue weighted by molar-refractivity contribution is -0.145. The molecule has 154 valence electrons. The van der Waals surface area contributed by atoms with Crippen molar-refractivity contribution in [2.75, 3.05) is 26.7 Å². The van der Waals surface area contributed by atoms with Gasteiger partial charge in [-0.2, -0.15) is 0 Å². The van der Waals surface area contributed by atoms with Crippen LogP contribution >= 0.6 is 0 Å². The largest absolute Gasteiger partial charge is 0.496 e. The van der Waals surface area contributed by atoms with E-state index in [0.717, 1.165) is 16.5 Å². The van der Waals surface area contributed by atoms with Gasteiger partial charge in [-0.1, -0.05) is 24.3 Å². The summed E-state index contributed by atoms with van der Waals surface area (Å²) in [6, 6.07) is 11.1. The number of likely N-dealkylation sites (tertiary alicyclic amines) is 1. The van der Waals surface area contributed by atoms with Crippen molar-refractivity contribution in [1.29, 1.82) is 0 Å². The first-order chi connectivity index (χ1) is 13.9. The Morgan fingerprint density at radius 1 is 1.10 bits per heavy atom. The monoisotopic (exact) mass is 398 g/mol. The number of carbonyl (C=O) groups excluding carboxylic acids is 2. The highest BCUT2D eigenvalue weighted by molar-refractivity contribution is 6.08. The fourth-order valence-electron chi connectivity index (χ4n) is 4.04. The lowest BCUT2D eigenvalue weighted by Crippen LogP contribution is -2.43. The van der Waals surface area contributed by atoms with Crippen molar-refractivity contribution in [3.8, 4) is 5.75 Å². The molecular formula is C22H26N2O5. The average Bonchev–Trinajstić information content (AvgIpc) is 2.96. The molecule has 0 saturated carbocycles. The number of aliphatic carboxylic acids is 1. The number of fused-ring (bicyclic) bond motifs is 1. The fraction of sp³-hybridized carbons (Fsp3) is 0.409. The van der Waals surface area contributed by atoms with E-state index in [1.54, 1.807) is 24.1 Å². The Morgan fingerprint density at radius 3 is 2.48 bits per heavy atom. The van der Waals surface area contributed by atoms with Crippen LogP contribution in [0.1, 0.15) is 36.5 Å². The minimum absolute atomic E-state index is 0.0582. The van der Waals surface area contributed by atoms with Gasteiger partial charge >= 0.3 is 5.97 Å². The normalized spacial score (nSPS) is 16.9. The topological polar surface area (TPSA) is 87.2 Å². The Morgan fingerprint density at radius 2 is 1.83 bits per heavy atom. The predicted octanol–water partition coefficient (Wildman–Crippen LogP) is 2.78. The van der Waals surface area contributed by atoms with E-state index in [4.69, 9.17) is 9.84 Å². The molecule has 0 aliphatic carbocycles. The Bertz CT molecular complexity index is 927. The summed E-state index contributed by atoms with van der Waals surface area (Å²) in [5.41, 5.74) is 0.619. The number of carboxylic acids is 1. The van der Waals surface area contributed by atoms with Gasteiger partial charge in [0.05, 0.1) is 7.11 Å². The number of hydrogen-bond donors (Lipinski definition) is 1. The highest BCUT2D eigenvalue weighted by Gasteiger charge is 2.28. The van der Waals surface area contributed by atoms with Gasteiger partial charge in [0.15, 0.2) is 0 Å². The van der Waals surface area contributed by atoms with Crippen molar-refractivity contribution in [2.45, 2.75) is 32.2 Å². The molecule has 0 aromatic heterocycles. The maximum atomic E-state index is 13.3. The van der Waals surface area contributed by atoms with Crippen molar-refractivity contribution in [1.82, 2.24) is 9.80 Å². The number of carboxylic acid groups (broad SMARTS) is 1. The van der Waals surface area contributed by atoms with Gasteiger partial charge < -0.3 is 19.6 Å². The Balaban J connectivity index is 1.81. The Labute approximate surface area is 169 Å². The minimum atomic E-state index is -1.03. The van der Waals surface area contributed by atoms with Gasteiger partial charge in [0, 0.05) is 37.0 Å². The van der Waals surface area contributed by atoms with E-state index in [0.29, 0.717) is 37.9 Å². The van der Waals surface area contributed by atoms with Gasteiger partial charge in [-0.3, -0.25) is 14.4 Å². The second kappa shape index (κ2) is 8.94. The van der Waals surface area contributed by atoms with Crippen LogP contribution in [-0.4, -0.2) is 65.5 Å². The molecular weight excluding hydrogens is 372 g/mol. The van der Waals surface area contributed by atoms with Gasteiger partial charge in [0.1, 0.15) is 12.3 Å². The molecule has 0 radical (unpaired) electrons. The number of benzene rings is 2. The number of nitrogens with zero attached hydrogens (tertiary/aromatic N) is 2. The lowest BCUT2D eigenvalue weighted by Gasteiger charge is -2.29. The van der Waals surface area contributed by atoms with Crippen LogP contribution in [0.5, 0.6) is 5.75 Å². The molecule has 1 atom stereocenters. The zero-order valence-electron chi connectivity index (χ0n) is 16.8. The van der Waals surface area contributed by atoms with Crippen LogP contribution in [0.3, 0.4) is 0 Å². The quantitative estimate of drug-likeness (QED) is 0.837. The third kappa shape index (κ3) is 4.50. The van der Waals surface area contributed by atoms with E-state index in [1.165, 1.54) is 11.8 Å². The maximum absolute atomic E-state index is 13.3. The molecule has 1 heterocycles. The molecule has 0 spiro atoms. The summed E-state index contributed by atoms with van der Waals surface area (Å²) in [5, 5.41) is 10.8. The third-order valence-corrected chi connectivity index (χ3v) is 5.47. The second-order valence-electron chi connectivity index (χ2n) is 7.28. The summed E-state index contributed by atoms with van der Waals surface area (Å²) in [6.45, 7) is 2.14. The molecule has 7 heteroatoms. The van der Waals surface area contributed by atoms with Crippen molar-refractivity contribution in [3.63, 3.8) is 0 Å². The SMILES string of the molecule is COc1ccc(C(=O)N2CCCC(N(CC(=O)O)C(C)=O)CC2)c2ccccc12. The van der Waals surface area contributed by atoms with Crippen LogP contribution in [0.4, 0.5) is 0 Å². The molecule has 1 N–H and O–H groups in total. The van der Waals surface area contributed by atoms with Gasteiger partial charge in [-0.05, 0) is 36.8 Å². The molecule has 2 aromatic rings. The number of hydrogen-bond acceptors (Lipinski definition) is 4. The second-order valence-corrected chi connectivity index (χ2v) is 7.28. The van der Waals surface area contributed by atoms with E-state index in [9.17, 15) is 14.4 Å². The van der Waals surface area contributed by atoms with Crippen LogP contribution in [0, 0.1) is 0 Å². The highest BCUT2D eigenvalue weighted by atomic mass is 16.5. The van der Waals surface area contributed by atoms with Crippen LogP contribution in [0.25, 0.3) is 10.8 Å². The van der Waals surface area contributed by atoms with Crippen molar-refractivity contribution < 1.29 is 24.2 Å². The van der Waals surface area contributed by atoms with Gasteiger partial charge in [0.25, 0.3) is 5.91 Å². The molecule has 29 heavy (non-hydrogen) atoms. The standard InChI is InChI=1S/C22H26N2O5/c1-15(25)24(14-21(26)27)16-6-5-12-23(13-11-16)22(28)19-9-10-20(29-2)18-8-4-3-7-17(18)19/h3-4,7-10,16H,5-6,11-14H2,1-2H3,(H,26,27). The first kappa shape index (κ1) is 20.6. The van der Waals surface area contributed by atoms with E-state index in [1.807, 2.05) is 24.3 Å². The average molecular weight is 398 g/mol. The first-order valence-electron chi connectivity index (χ1n) is 9.76. The zero-order valence-corrected chi connectivity index (χ0v) is 16.8. The minimum Gasteiger partial charge on any atom is -0.496 e. The van der Waals surface area contributed by atoms with E-state index in [2.05, 4.69) is 0 Å². The summed E-state index contributed by atoms with van der Waals surface area (Å²) in [5.74, 6) is -0.614. The molecule has 2 aromatic carbocycles. The van der Waals surface area contributed by atoms with Crippen molar-refractivity contribution in [3.05, 3.63) is 42.0 Å². The van der Waals surface area contributed by atoms with E-state index < -0.39 is 5.97 Å². The molecule has 1 aliphatic rings. The van der Waals surface area contributed by atoms with Crippen LogP contribution < -0.4 is 4.74 Å². The Kier molecular flexibility index (Phi) is 6.36. The van der Waals surface area contributed by atoms with Crippen molar-refractivity contribution in [2.24, 2.45) is 0 Å². The summed E-state index contributed by atoms with van der Waals surface area (Å²) in [4.78, 5) is 39.5. The third-order valence-electron chi connectivity index (χ3n) is 5.47. The van der Waals surface area contributed by atoms with Crippen LogP contribution in [-0.2, 0) is 9.59 Å². The van der Waals surface area contributed by atoms with Crippen LogP contribution in [0.2, 0.25) is 0 Å². The molecule has 3 rings (SSSR count). The maximum Gasteiger partial charge on any atom is 0.323 e. The van der Waals surface area contributed by atoms with Gasteiger partial charge in [0.2, 0.25) is 5.91 Å². The van der Waals surface area contributed by atoms with Crippen LogP contribution in [0.15, 0.2) is 36.4 Å². The highest BCUT2D eigenvalue weighted by Crippen LogP contribution is 2.29. The summed E-state index contributed by atoms with van der Waals surface area (Å²) in [6.07, 6.45) is 1.96. The number of rotatable bonds is 5. The van der Waals surface area contributed by atoms with E-state index in [-0.39, 0.29) is 24.4 Å². The van der Waals surface area contributed by atoms with Crippen molar-refractivity contribution >= 4 is 28.6 Å².